The Labute approximate surface area is 121 Å². The van der Waals surface area contributed by atoms with Crippen LogP contribution in [-0.4, -0.2) is 12.1 Å². The Bertz CT molecular complexity index is 417. The van der Waals surface area contributed by atoms with Crippen LogP contribution in [0.5, 0.6) is 0 Å². The van der Waals surface area contributed by atoms with Crippen molar-refractivity contribution >= 4 is 11.3 Å². The van der Waals surface area contributed by atoms with Crippen LogP contribution < -0.4 is 5.32 Å². The smallest absolute Gasteiger partial charge is 0.00967 e. The number of fused-ring (bicyclic) bond motifs is 2. The molecule has 0 radical (unpaired) electrons. The Morgan fingerprint density at radius 2 is 2.21 bits per heavy atom. The maximum absolute atomic E-state index is 3.81. The highest BCUT2D eigenvalue weighted by Crippen LogP contribution is 2.57. The van der Waals surface area contributed by atoms with Crippen LogP contribution in [-0.2, 0) is 6.42 Å². The summed E-state index contributed by atoms with van der Waals surface area (Å²) in [6, 6.07) is 4.54. The number of rotatable bonds is 4. The third kappa shape index (κ3) is 2.90. The van der Waals surface area contributed by atoms with Gasteiger partial charge < -0.3 is 5.32 Å². The zero-order valence-electron chi connectivity index (χ0n) is 12.5. The standard InChI is InChI=1S/C17H27NS/c1-16(2,3)18-12-17(11-15-5-4-8-19-15)10-13-6-7-14(17)9-13/h4-5,8,13-14,18H,6-7,9-12H2,1-3H3. The molecule has 2 heteroatoms. The van der Waals surface area contributed by atoms with E-state index in [4.69, 9.17) is 0 Å². The first-order chi connectivity index (χ1) is 8.97. The lowest BCUT2D eigenvalue weighted by molar-refractivity contribution is 0.144. The van der Waals surface area contributed by atoms with Gasteiger partial charge in [0.15, 0.2) is 0 Å². The predicted octanol–water partition coefficient (Wildman–Crippen LogP) is 4.49. The molecule has 106 valence electrons. The zero-order valence-corrected chi connectivity index (χ0v) is 13.4. The van der Waals surface area contributed by atoms with Crippen molar-refractivity contribution < 1.29 is 0 Å². The van der Waals surface area contributed by atoms with Crippen LogP contribution in [0.25, 0.3) is 0 Å². The molecule has 1 heterocycles. The average molecular weight is 277 g/mol. The van der Waals surface area contributed by atoms with E-state index in [1.54, 1.807) is 4.88 Å². The van der Waals surface area contributed by atoms with Crippen LogP contribution >= 0.6 is 11.3 Å². The fourth-order valence-corrected chi connectivity index (χ4v) is 5.11. The molecular weight excluding hydrogens is 250 g/mol. The average Bonchev–Trinajstić information content (AvgIpc) is 3.01. The fraction of sp³-hybridized carbons (Fsp3) is 0.765. The van der Waals surface area contributed by atoms with Crippen LogP contribution in [0.2, 0.25) is 0 Å². The molecule has 0 spiro atoms. The summed E-state index contributed by atoms with van der Waals surface area (Å²) in [5.74, 6) is 1.99. The molecule has 2 bridgehead atoms. The molecule has 1 aromatic rings. The van der Waals surface area contributed by atoms with E-state index in [0.29, 0.717) is 5.41 Å². The van der Waals surface area contributed by atoms with E-state index in [2.05, 4.69) is 43.6 Å². The van der Waals surface area contributed by atoms with Crippen molar-refractivity contribution in [3.63, 3.8) is 0 Å². The van der Waals surface area contributed by atoms with Gasteiger partial charge in [-0.15, -0.1) is 11.3 Å². The fourth-order valence-electron chi connectivity index (χ4n) is 4.25. The highest BCUT2D eigenvalue weighted by molar-refractivity contribution is 7.09. The number of nitrogens with one attached hydrogen (secondary N) is 1. The monoisotopic (exact) mass is 277 g/mol. The Kier molecular flexibility index (Phi) is 3.51. The minimum Gasteiger partial charge on any atom is -0.311 e. The SMILES string of the molecule is CC(C)(C)NCC1(Cc2cccs2)CC2CCC1C2. The lowest BCUT2D eigenvalue weighted by Crippen LogP contribution is -2.47. The van der Waals surface area contributed by atoms with Gasteiger partial charge in [0.05, 0.1) is 0 Å². The summed E-state index contributed by atoms with van der Waals surface area (Å²) in [5.41, 5.74) is 0.783. The number of thiophene rings is 1. The van der Waals surface area contributed by atoms with Gasteiger partial charge in [0.2, 0.25) is 0 Å². The van der Waals surface area contributed by atoms with Gasteiger partial charge in [-0.3, -0.25) is 0 Å². The molecule has 0 amide bonds. The van der Waals surface area contributed by atoms with Crippen LogP contribution in [0, 0.1) is 17.3 Å². The molecule has 3 unspecified atom stereocenters. The summed E-state index contributed by atoms with van der Waals surface area (Å²) < 4.78 is 0. The van der Waals surface area contributed by atoms with Gasteiger partial charge in [0.1, 0.15) is 0 Å². The van der Waals surface area contributed by atoms with E-state index in [1.807, 2.05) is 11.3 Å². The van der Waals surface area contributed by atoms with Gasteiger partial charge >= 0.3 is 0 Å². The minimum absolute atomic E-state index is 0.240. The summed E-state index contributed by atoms with van der Waals surface area (Å²) in [7, 11) is 0. The van der Waals surface area contributed by atoms with Gasteiger partial charge in [-0.2, -0.15) is 0 Å². The second kappa shape index (κ2) is 4.89. The zero-order chi connectivity index (χ0) is 13.5. The second-order valence-electron chi connectivity index (χ2n) is 7.80. The van der Waals surface area contributed by atoms with E-state index >= 15 is 0 Å². The van der Waals surface area contributed by atoms with Crippen molar-refractivity contribution in [1.82, 2.24) is 5.32 Å². The molecule has 1 aromatic heterocycles. The highest BCUT2D eigenvalue weighted by atomic mass is 32.1. The van der Waals surface area contributed by atoms with Gasteiger partial charge in [-0.1, -0.05) is 12.5 Å². The van der Waals surface area contributed by atoms with Crippen molar-refractivity contribution in [2.75, 3.05) is 6.54 Å². The maximum Gasteiger partial charge on any atom is 0.00967 e. The van der Waals surface area contributed by atoms with Crippen LogP contribution in [0.15, 0.2) is 17.5 Å². The second-order valence-corrected chi connectivity index (χ2v) is 8.83. The van der Waals surface area contributed by atoms with Crippen LogP contribution in [0.4, 0.5) is 0 Å². The molecule has 2 aliphatic rings. The van der Waals surface area contributed by atoms with Crippen molar-refractivity contribution in [3.8, 4) is 0 Å². The maximum atomic E-state index is 3.81. The number of hydrogen-bond acceptors (Lipinski definition) is 2. The van der Waals surface area contributed by atoms with Crippen molar-refractivity contribution in [2.24, 2.45) is 17.3 Å². The Morgan fingerprint density at radius 3 is 2.74 bits per heavy atom. The third-order valence-corrected chi connectivity index (χ3v) is 6.06. The molecule has 2 aliphatic carbocycles. The summed E-state index contributed by atoms with van der Waals surface area (Å²) in [6.45, 7) is 8.08. The molecule has 1 N–H and O–H groups in total. The Hall–Kier alpha value is -0.340. The molecule has 0 aromatic carbocycles. The van der Waals surface area contributed by atoms with Crippen molar-refractivity contribution in [1.29, 1.82) is 0 Å². The van der Waals surface area contributed by atoms with Gasteiger partial charge in [0.25, 0.3) is 0 Å². The summed E-state index contributed by atoms with van der Waals surface area (Å²) >= 11 is 1.94. The van der Waals surface area contributed by atoms with Gasteiger partial charge in [-0.05, 0) is 75.2 Å². The largest absolute Gasteiger partial charge is 0.311 e. The molecular formula is C17H27NS. The molecule has 2 saturated carbocycles. The molecule has 0 saturated heterocycles. The summed E-state index contributed by atoms with van der Waals surface area (Å²) in [6.07, 6.45) is 7.22. The lowest BCUT2D eigenvalue weighted by Gasteiger charge is -2.40. The summed E-state index contributed by atoms with van der Waals surface area (Å²) in [5, 5.41) is 6.04. The molecule has 1 nitrogen and oxygen atoms in total. The molecule has 0 aliphatic heterocycles. The van der Waals surface area contributed by atoms with E-state index in [-0.39, 0.29) is 5.54 Å². The van der Waals surface area contributed by atoms with E-state index < -0.39 is 0 Å². The molecule has 3 rings (SSSR count). The molecule has 3 atom stereocenters. The third-order valence-electron chi connectivity index (χ3n) is 5.18. The first-order valence-corrected chi connectivity index (χ1v) is 8.62. The predicted molar refractivity (Wildman–Crippen MR) is 83.7 cm³/mol. The Balaban J connectivity index is 1.76. The molecule has 19 heavy (non-hydrogen) atoms. The lowest BCUT2D eigenvalue weighted by atomic mass is 9.70. The van der Waals surface area contributed by atoms with E-state index in [1.165, 1.54) is 38.6 Å². The first kappa shape index (κ1) is 13.6. The van der Waals surface area contributed by atoms with E-state index in [0.717, 1.165) is 11.8 Å². The van der Waals surface area contributed by atoms with Crippen molar-refractivity contribution in [2.45, 2.75) is 58.4 Å². The number of hydrogen-bond donors (Lipinski definition) is 1. The highest BCUT2D eigenvalue weighted by Gasteiger charge is 2.50. The van der Waals surface area contributed by atoms with Crippen molar-refractivity contribution in [3.05, 3.63) is 22.4 Å². The first-order valence-electron chi connectivity index (χ1n) is 7.74. The van der Waals surface area contributed by atoms with Crippen LogP contribution in [0.3, 0.4) is 0 Å². The van der Waals surface area contributed by atoms with E-state index in [9.17, 15) is 0 Å². The Morgan fingerprint density at radius 1 is 1.37 bits per heavy atom. The van der Waals surface area contributed by atoms with Gasteiger partial charge in [-0.25, -0.2) is 0 Å². The van der Waals surface area contributed by atoms with Crippen LogP contribution in [0.1, 0.15) is 51.3 Å². The quantitative estimate of drug-likeness (QED) is 0.855. The molecule has 2 fully saturated rings. The van der Waals surface area contributed by atoms with Gasteiger partial charge in [0, 0.05) is 17.0 Å². The summed E-state index contributed by atoms with van der Waals surface area (Å²) in [4.78, 5) is 1.59. The minimum atomic E-state index is 0.240. The normalized spacial score (nSPS) is 34.1. The topological polar surface area (TPSA) is 12.0 Å².